The van der Waals surface area contributed by atoms with Crippen LogP contribution in [0.5, 0.6) is 5.88 Å². The Kier molecular flexibility index (Phi) is 2.58. The highest BCUT2D eigenvalue weighted by atomic mass is 16.5. The Balaban J connectivity index is 2.48. The quantitative estimate of drug-likeness (QED) is 0.749. The van der Waals surface area contributed by atoms with Gasteiger partial charge in [0.25, 0.3) is 0 Å². The number of aromatic nitrogens is 1. The highest BCUT2D eigenvalue weighted by molar-refractivity contribution is 5.75. The first-order valence-electron chi connectivity index (χ1n) is 4.71. The largest absolute Gasteiger partial charge is 0.481 e. The molecule has 0 radical (unpaired) electrons. The lowest BCUT2D eigenvalue weighted by molar-refractivity contribution is 0.396. The van der Waals surface area contributed by atoms with E-state index >= 15 is 0 Å². The van der Waals surface area contributed by atoms with Gasteiger partial charge >= 0.3 is 0 Å². The van der Waals surface area contributed by atoms with Gasteiger partial charge in [0.1, 0.15) is 0 Å². The van der Waals surface area contributed by atoms with E-state index in [-0.39, 0.29) is 0 Å². The molecule has 3 N–H and O–H groups in total. The number of nitrogens with zero attached hydrogens (tertiary/aromatic N) is 1. The summed E-state index contributed by atoms with van der Waals surface area (Å²) in [6, 6.07) is 3.82. The third-order valence-electron chi connectivity index (χ3n) is 2.30. The maximum Gasteiger partial charge on any atom is 0.220 e. The fraction of sp³-hybridized carbons (Fsp3) is 0.182. The molecule has 2 heterocycles. The molecule has 0 unspecified atom stereocenters. The molecule has 4 heteroatoms. The second-order valence-electron chi connectivity index (χ2n) is 3.21. The molecule has 0 spiro atoms. The van der Waals surface area contributed by atoms with Gasteiger partial charge in [0, 0.05) is 29.6 Å². The van der Waals surface area contributed by atoms with Crippen LogP contribution in [-0.4, -0.2) is 18.6 Å². The minimum absolute atomic E-state index is 0.604. The summed E-state index contributed by atoms with van der Waals surface area (Å²) in [5.41, 5.74) is 8.61. The monoisotopic (exact) mass is 203 g/mol. The molecule has 1 aliphatic rings. The number of hydrogen-bond donors (Lipinski definition) is 2. The van der Waals surface area contributed by atoms with E-state index in [0.29, 0.717) is 12.4 Å². The maximum absolute atomic E-state index is 5.90. The minimum Gasteiger partial charge on any atom is -0.481 e. The fourth-order valence-corrected chi connectivity index (χ4v) is 1.55. The van der Waals surface area contributed by atoms with Crippen molar-refractivity contribution in [2.45, 2.75) is 0 Å². The van der Waals surface area contributed by atoms with E-state index in [0.717, 1.165) is 16.8 Å². The number of nitrogens with one attached hydrogen (secondary N) is 1. The van der Waals surface area contributed by atoms with E-state index < -0.39 is 0 Å². The third kappa shape index (κ3) is 1.79. The van der Waals surface area contributed by atoms with Crippen LogP contribution in [0.2, 0.25) is 0 Å². The van der Waals surface area contributed by atoms with Gasteiger partial charge < -0.3 is 15.8 Å². The highest BCUT2D eigenvalue weighted by Gasteiger charge is 2.13. The summed E-state index contributed by atoms with van der Waals surface area (Å²) in [5.74, 6) is 0.604. The van der Waals surface area contributed by atoms with Crippen molar-refractivity contribution in [1.82, 2.24) is 10.3 Å². The molecule has 0 saturated carbocycles. The van der Waals surface area contributed by atoms with Crippen LogP contribution in [-0.2, 0) is 0 Å². The van der Waals surface area contributed by atoms with Crippen LogP contribution < -0.4 is 15.8 Å². The summed E-state index contributed by atoms with van der Waals surface area (Å²) in [6.07, 6.45) is 5.37. The first-order valence-corrected chi connectivity index (χ1v) is 4.71. The molecular formula is C11H13N3O. The summed E-state index contributed by atoms with van der Waals surface area (Å²) in [6.45, 7) is 0.699. The zero-order valence-electron chi connectivity index (χ0n) is 8.53. The van der Waals surface area contributed by atoms with Crippen LogP contribution in [0.4, 0.5) is 0 Å². The predicted octanol–water partition coefficient (Wildman–Crippen LogP) is 0.877. The van der Waals surface area contributed by atoms with Crippen LogP contribution in [0, 0.1) is 0 Å². The van der Waals surface area contributed by atoms with Gasteiger partial charge in [-0.3, -0.25) is 0 Å². The van der Waals surface area contributed by atoms with Crippen LogP contribution in [0.3, 0.4) is 0 Å². The molecule has 0 aromatic carbocycles. The van der Waals surface area contributed by atoms with E-state index in [4.69, 9.17) is 10.5 Å². The summed E-state index contributed by atoms with van der Waals surface area (Å²) in [5, 5.41) is 3.11. The number of dihydropyridines is 1. The molecule has 1 aliphatic heterocycles. The second kappa shape index (κ2) is 4.04. The van der Waals surface area contributed by atoms with Crippen molar-refractivity contribution >= 4 is 5.57 Å². The van der Waals surface area contributed by atoms with Gasteiger partial charge in [-0.15, -0.1) is 0 Å². The van der Waals surface area contributed by atoms with E-state index in [1.54, 1.807) is 13.3 Å². The molecule has 1 aromatic rings. The average molecular weight is 203 g/mol. The van der Waals surface area contributed by atoms with Gasteiger partial charge in [-0.05, 0) is 24.4 Å². The lowest BCUT2D eigenvalue weighted by Crippen LogP contribution is -2.18. The van der Waals surface area contributed by atoms with Crippen LogP contribution >= 0.6 is 0 Å². The standard InChI is InChI=1S/C11H13N3O/c1-15-11-8(3-2-5-14-11)9-7-13-6-4-10(9)12/h2-6,13H,7,12H2,1H3. The molecule has 0 atom stereocenters. The molecule has 4 nitrogen and oxygen atoms in total. The Labute approximate surface area is 88.5 Å². The summed E-state index contributed by atoms with van der Waals surface area (Å²) in [7, 11) is 1.61. The Morgan fingerprint density at radius 3 is 3.13 bits per heavy atom. The van der Waals surface area contributed by atoms with Gasteiger partial charge in [-0.1, -0.05) is 0 Å². The van der Waals surface area contributed by atoms with E-state index in [1.165, 1.54) is 0 Å². The number of methoxy groups -OCH3 is 1. The summed E-state index contributed by atoms with van der Waals surface area (Å²) < 4.78 is 5.19. The van der Waals surface area contributed by atoms with Crippen molar-refractivity contribution < 1.29 is 4.74 Å². The number of rotatable bonds is 2. The molecule has 0 bridgehead atoms. The predicted molar refractivity (Wildman–Crippen MR) is 59.0 cm³/mol. The van der Waals surface area contributed by atoms with Crippen LogP contribution in [0.1, 0.15) is 5.56 Å². The molecule has 0 amide bonds. The Morgan fingerprint density at radius 1 is 1.53 bits per heavy atom. The van der Waals surface area contributed by atoms with E-state index in [2.05, 4.69) is 10.3 Å². The lowest BCUT2D eigenvalue weighted by atomic mass is 10.0. The summed E-state index contributed by atoms with van der Waals surface area (Å²) in [4.78, 5) is 4.14. The lowest BCUT2D eigenvalue weighted by Gasteiger charge is -2.16. The zero-order valence-corrected chi connectivity index (χ0v) is 8.53. The van der Waals surface area contributed by atoms with Crippen LogP contribution in [0.25, 0.3) is 5.57 Å². The highest BCUT2D eigenvalue weighted by Crippen LogP contribution is 2.25. The number of hydrogen-bond acceptors (Lipinski definition) is 4. The second-order valence-corrected chi connectivity index (χ2v) is 3.21. The van der Waals surface area contributed by atoms with Gasteiger partial charge in [0.15, 0.2) is 0 Å². The Hall–Kier alpha value is -1.97. The van der Waals surface area contributed by atoms with E-state index in [9.17, 15) is 0 Å². The molecule has 0 aliphatic carbocycles. The summed E-state index contributed by atoms with van der Waals surface area (Å²) >= 11 is 0. The van der Waals surface area contributed by atoms with Gasteiger partial charge in [0.05, 0.1) is 7.11 Å². The van der Waals surface area contributed by atoms with Crippen molar-refractivity contribution in [3.8, 4) is 5.88 Å². The van der Waals surface area contributed by atoms with Gasteiger partial charge in [0.2, 0.25) is 5.88 Å². The normalized spacial score (nSPS) is 15.0. The third-order valence-corrected chi connectivity index (χ3v) is 2.30. The average Bonchev–Trinajstić information content (AvgIpc) is 2.30. The van der Waals surface area contributed by atoms with Crippen molar-refractivity contribution in [3.63, 3.8) is 0 Å². The zero-order chi connectivity index (χ0) is 10.7. The minimum atomic E-state index is 0.604. The first kappa shape index (κ1) is 9.58. The fourth-order valence-electron chi connectivity index (χ4n) is 1.55. The molecule has 0 fully saturated rings. The molecule has 78 valence electrons. The SMILES string of the molecule is COc1ncccc1C1=C(N)C=CNC1. The van der Waals surface area contributed by atoms with Crippen molar-refractivity contribution in [2.24, 2.45) is 5.73 Å². The topological polar surface area (TPSA) is 60.2 Å². The molecule has 2 rings (SSSR count). The van der Waals surface area contributed by atoms with Crippen molar-refractivity contribution in [2.75, 3.05) is 13.7 Å². The van der Waals surface area contributed by atoms with Crippen molar-refractivity contribution in [1.29, 1.82) is 0 Å². The van der Waals surface area contributed by atoms with Gasteiger partial charge in [-0.2, -0.15) is 0 Å². The number of pyridine rings is 1. The number of ether oxygens (including phenoxy) is 1. The smallest absolute Gasteiger partial charge is 0.220 e. The maximum atomic E-state index is 5.90. The first-order chi connectivity index (χ1) is 7.33. The number of allylic oxidation sites excluding steroid dienone is 1. The van der Waals surface area contributed by atoms with Crippen molar-refractivity contribution in [3.05, 3.63) is 41.9 Å². The van der Waals surface area contributed by atoms with Crippen LogP contribution in [0.15, 0.2) is 36.3 Å². The Morgan fingerprint density at radius 2 is 2.40 bits per heavy atom. The molecule has 15 heavy (non-hydrogen) atoms. The van der Waals surface area contributed by atoms with Gasteiger partial charge in [-0.25, -0.2) is 4.98 Å². The molecule has 1 aromatic heterocycles. The Bertz CT molecular complexity index is 424. The molecule has 0 saturated heterocycles. The number of nitrogens with two attached hydrogens (primary N) is 1. The van der Waals surface area contributed by atoms with E-state index in [1.807, 2.05) is 24.4 Å². The molecular weight excluding hydrogens is 190 g/mol.